The average Bonchev–Trinajstić information content (AvgIpc) is 3.66. The summed E-state index contributed by atoms with van der Waals surface area (Å²) >= 11 is 0. The van der Waals surface area contributed by atoms with Crippen LogP contribution in [-0.2, 0) is 16.6 Å². The predicted octanol–water partition coefficient (Wildman–Crippen LogP) is 4.18. The van der Waals surface area contributed by atoms with Gasteiger partial charge in [-0.2, -0.15) is 4.31 Å². The van der Waals surface area contributed by atoms with E-state index in [1.54, 1.807) is 42.8 Å². The van der Waals surface area contributed by atoms with E-state index in [2.05, 4.69) is 13.8 Å². The number of hydrogen-bond acceptors (Lipinski definition) is 5. The molecule has 1 saturated carbocycles. The molecule has 7 nitrogen and oxygen atoms in total. The van der Waals surface area contributed by atoms with Gasteiger partial charge in [0.25, 0.3) is 5.91 Å². The van der Waals surface area contributed by atoms with Gasteiger partial charge in [0.05, 0.1) is 25.7 Å². The van der Waals surface area contributed by atoms with Crippen LogP contribution in [-0.4, -0.2) is 56.9 Å². The SMILES string of the molecule is COc1ccc(OC)c(CN(C(=O)c2ccc(S(=O)(=O)N3CC(C)CC(C)C3)cc2)C2CC2)c1. The number of rotatable bonds is 8. The Hall–Kier alpha value is -2.58. The summed E-state index contributed by atoms with van der Waals surface area (Å²) in [5.74, 6) is 1.96. The van der Waals surface area contributed by atoms with E-state index in [1.165, 1.54) is 0 Å². The van der Waals surface area contributed by atoms with Gasteiger partial charge in [0.2, 0.25) is 10.0 Å². The molecule has 1 aliphatic carbocycles. The van der Waals surface area contributed by atoms with E-state index in [0.717, 1.165) is 24.8 Å². The van der Waals surface area contributed by atoms with Crippen molar-refractivity contribution in [2.75, 3.05) is 27.3 Å². The first-order valence-electron chi connectivity index (χ1n) is 11.8. The molecule has 2 aromatic carbocycles. The standard InChI is InChI=1S/C26H34N2O5S/c1-18-13-19(2)16-27(15-18)34(30,31)24-10-5-20(6-11-24)26(29)28(22-7-8-22)17-21-14-23(32-3)9-12-25(21)33-4/h5-6,9-12,14,18-19,22H,7-8,13,15-17H2,1-4H3. The number of ether oxygens (including phenoxy) is 2. The summed E-state index contributed by atoms with van der Waals surface area (Å²) in [6, 6.07) is 12.1. The molecule has 0 radical (unpaired) electrons. The second-order valence-corrected chi connectivity index (χ2v) is 11.6. The smallest absolute Gasteiger partial charge is 0.254 e. The van der Waals surface area contributed by atoms with Gasteiger partial charge in [-0.3, -0.25) is 4.79 Å². The van der Waals surface area contributed by atoms with Gasteiger partial charge in [0.1, 0.15) is 11.5 Å². The highest BCUT2D eigenvalue weighted by atomic mass is 32.2. The van der Waals surface area contributed by atoms with Gasteiger partial charge >= 0.3 is 0 Å². The fourth-order valence-electron chi connectivity index (χ4n) is 4.83. The molecular weight excluding hydrogens is 452 g/mol. The van der Waals surface area contributed by atoms with Gasteiger partial charge in [-0.05, 0) is 73.6 Å². The summed E-state index contributed by atoms with van der Waals surface area (Å²) in [4.78, 5) is 15.5. The highest BCUT2D eigenvalue weighted by Gasteiger charge is 2.35. The van der Waals surface area contributed by atoms with Crippen molar-refractivity contribution in [1.82, 2.24) is 9.21 Å². The lowest BCUT2D eigenvalue weighted by atomic mass is 9.94. The van der Waals surface area contributed by atoms with Crippen LogP contribution in [0.5, 0.6) is 11.5 Å². The minimum atomic E-state index is -3.58. The Morgan fingerprint density at radius 2 is 1.65 bits per heavy atom. The first-order valence-corrected chi connectivity index (χ1v) is 13.3. The molecule has 2 aliphatic rings. The number of nitrogens with zero attached hydrogens (tertiary/aromatic N) is 2. The highest BCUT2D eigenvalue weighted by Crippen LogP contribution is 2.33. The lowest BCUT2D eigenvalue weighted by Crippen LogP contribution is -2.42. The quantitative estimate of drug-likeness (QED) is 0.560. The van der Waals surface area contributed by atoms with Crippen LogP contribution in [0, 0.1) is 11.8 Å². The molecular formula is C26H34N2O5S. The number of amides is 1. The van der Waals surface area contributed by atoms with Crippen LogP contribution in [0.1, 0.15) is 49.0 Å². The van der Waals surface area contributed by atoms with Crippen LogP contribution in [0.25, 0.3) is 0 Å². The van der Waals surface area contributed by atoms with Crippen LogP contribution >= 0.6 is 0 Å². The van der Waals surface area contributed by atoms with E-state index < -0.39 is 10.0 Å². The van der Waals surface area contributed by atoms with E-state index in [9.17, 15) is 13.2 Å². The molecule has 184 valence electrons. The number of methoxy groups -OCH3 is 2. The van der Waals surface area contributed by atoms with Crippen molar-refractivity contribution < 1.29 is 22.7 Å². The first-order chi connectivity index (χ1) is 16.2. The maximum absolute atomic E-state index is 13.4. The van der Waals surface area contributed by atoms with Crippen LogP contribution < -0.4 is 9.47 Å². The number of carbonyl (C=O) groups is 1. The number of carbonyl (C=O) groups excluding carboxylic acids is 1. The number of sulfonamides is 1. The Kier molecular flexibility index (Phi) is 7.19. The Morgan fingerprint density at radius 1 is 1.00 bits per heavy atom. The third-order valence-corrected chi connectivity index (χ3v) is 8.50. The fourth-order valence-corrected chi connectivity index (χ4v) is 6.51. The van der Waals surface area contributed by atoms with Crippen molar-refractivity contribution in [2.24, 2.45) is 11.8 Å². The Morgan fingerprint density at radius 3 is 2.21 bits per heavy atom. The molecule has 1 heterocycles. The molecule has 0 N–H and O–H groups in total. The van der Waals surface area contributed by atoms with Crippen LogP contribution in [0.4, 0.5) is 0 Å². The highest BCUT2D eigenvalue weighted by molar-refractivity contribution is 7.89. The molecule has 1 aliphatic heterocycles. The van der Waals surface area contributed by atoms with E-state index in [-0.39, 0.29) is 16.8 Å². The van der Waals surface area contributed by atoms with E-state index >= 15 is 0 Å². The largest absolute Gasteiger partial charge is 0.497 e. The molecule has 2 unspecified atom stereocenters. The summed E-state index contributed by atoms with van der Waals surface area (Å²) in [7, 11) is -0.366. The zero-order chi connectivity index (χ0) is 24.5. The molecule has 2 aromatic rings. The van der Waals surface area contributed by atoms with Gasteiger partial charge in [-0.25, -0.2) is 8.42 Å². The maximum Gasteiger partial charge on any atom is 0.254 e. The second-order valence-electron chi connectivity index (χ2n) is 9.63. The van der Waals surface area contributed by atoms with Crippen molar-refractivity contribution in [3.8, 4) is 11.5 Å². The normalized spacial score (nSPS) is 21.2. The molecule has 34 heavy (non-hydrogen) atoms. The zero-order valence-corrected chi connectivity index (χ0v) is 21.2. The van der Waals surface area contributed by atoms with Gasteiger partial charge in [-0.15, -0.1) is 0 Å². The number of hydrogen-bond donors (Lipinski definition) is 0. The molecule has 2 atom stereocenters. The third-order valence-electron chi connectivity index (χ3n) is 6.65. The Balaban J connectivity index is 1.54. The van der Waals surface area contributed by atoms with Gasteiger partial charge in [0.15, 0.2) is 0 Å². The summed E-state index contributed by atoms with van der Waals surface area (Å²) in [5.41, 5.74) is 1.35. The maximum atomic E-state index is 13.4. The molecule has 4 rings (SSSR count). The topological polar surface area (TPSA) is 76.1 Å². The van der Waals surface area contributed by atoms with Gasteiger partial charge < -0.3 is 14.4 Å². The van der Waals surface area contributed by atoms with Gasteiger partial charge in [0, 0.05) is 30.3 Å². The monoisotopic (exact) mass is 486 g/mol. The van der Waals surface area contributed by atoms with Crippen molar-refractivity contribution in [3.63, 3.8) is 0 Å². The van der Waals surface area contributed by atoms with E-state index in [0.29, 0.717) is 48.5 Å². The van der Waals surface area contributed by atoms with Crippen molar-refractivity contribution in [2.45, 2.75) is 50.6 Å². The molecule has 2 fully saturated rings. The number of benzene rings is 2. The minimum Gasteiger partial charge on any atom is -0.497 e. The number of piperidine rings is 1. The van der Waals surface area contributed by atoms with E-state index in [4.69, 9.17) is 9.47 Å². The summed E-state index contributed by atoms with van der Waals surface area (Å²) < 4.78 is 38.8. The lowest BCUT2D eigenvalue weighted by Gasteiger charge is -2.34. The molecule has 0 bridgehead atoms. The van der Waals surface area contributed by atoms with E-state index in [1.807, 2.05) is 23.1 Å². The summed E-state index contributed by atoms with van der Waals surface area (Å²) in [6.45, 7) is 5.64. The lowest BCUT2D eigenvalue weighted by molar-refractivity contribution is 0.0728. The molecule has 0 spiro atoms. The average molecular weight is 487 g/mol. The van der Waals surface area contributed by atoms with Crippen LogP contribution in [0.2, 0.25) is 0 Å². The molecule has 1 saturated heterocycles. The molecule has 1 amide bonds. The van der Waals surface area contributed by atoms with Crippen LogP contribution in [0.3, 0.4) is 0 Å². The third kappa shape index (κ3) is 5.23. The Labute approximate surface area is 202 Å². The predicted molar refractivity (Wildman–Crippen MR) is 131 cm³/mol. The van der Waals surface area contributed by atoms with Crippen molar-refractivity contribution >= 4 is 15.9 Å². The van der Waals surface area contributed by atoms with Crippen LogP contribution in [0.15, 0.2) is 47.4 Å². The fraction of sp³-hybridized carbons (Fsp3) is 0.500. The minimum absolute atomic E-state index is 0.114. The Bertz CT molecular complexity index is 1120. The second kappa shape index (κ2) is 9.96. The zero-order valence-electron chi connectivity index (χ0n) is 20.4. The first kappa shape index (κ1) is 24.5. The van der Waals surface area contributed by atoms with Crippen molar-refractivity contribution in [3.05, 3.63) is 53.6 Å². The van der Waals surface area contributed by atoms with Gasteiger partial charge in [-0.1, -0.05) is 13.8 Å². The molecule has 8 heteroatoms. The molecule has 0 aromatic heterocycles. The summed E-state index contributed by atoms with van der Waals surface area (Å²) in [6.07, 6.45) is 2.94. The van der Waals surface area contributed by atoms with Crippen molar-refractivity contribution in [1.29, 1.82) is 0 Å². The summed E-state index contributed by atoms with van der Waals surface area (Å²) in [5, 5.41) is 0.